The molecule has 0 unspecified atom stereocenters. The molecule has 0 aliphatic heterocycles. The first-order valence-electron chi connectivity index (χ1n) is 10.4. The van der Waals surface area contributed by atoms with Gasteiger partial charge in [0.25, 0.3) is 0 Å². The number of hydrogen-bond donors (Lipinski definition) is 0. The highest BCUT2D eigenvalue weighted by Gasteiger charge is 2.21. The molecule has 4 rings (SSSR count). The van der Waals surface area contributed by atoms with E-state index in [4.69, 9.17) is 9.73 Å². The number of hydrogen-bond acceptors (Lipinski definition) is 2. The lowest BCUT2D eigenvalue weighted by atomic mass is 10.1. The van der Waals surface area contributed by atoms with E-state index < -0.39 is 7.92 Å². The van der Waals surface area contributed by atoms with Crippen LogP contribution in [-0.2, 0) is 0 Å². The molecule has 0 bridgehead atoms. The molecule has 0 aliphatic carbocycles. The topological polar surface area (TPSA) is 21.6 Å². The highest BCUT2D eigenvalue weighted by atomic mass is 31.1. The van der Waals surface area contributed by atoms with Crippen LogP contribution in [0.4, 0.5) is 0 Å². The van der Waals surface area contributed by atoms with Crippen LogP contribution in [0.2, 0.25) is 0 Å². The summed E-state index contributed by atoms with van der Waals surface area (Å²) in [6, 6.07) is 38.4. The van der Waals surface area contributed by atoms with Gasteiger partial charge in [-0.05, 0) is 66.2 Å². The number of methoxy groups -OCH3 is 1. The van der Waals surface area contributed by atoms with Crippen LogP contribution < -0.4 is 20.7 Å². The van der Waals surface area contributed by atoms with Gasteiger partial charge in [-0.25, -0.2) is 0 Å². The fraction of sp³-hybridized carbons (Fsp3) is 0.107. The Morgan fingerprint density at radius 2 is 1.26 bits per heavy atom. The lowest BCUT2D eigenvalue weighted by molar-refractivity contribution is 0.415. The van der Waals surface area contributed by atoms with E-state index >= 15 is 0 Å². The molecule has 0 spiro atoms. The van der Waals surface area contributed by atoms with E-state index in [1.54, 1.807) is 7.11 Å². The molecule has 3 heteroatoms. The molecule has 0 fully saturated rings. The molecule has 4 aromatic rings. The van der Waals surface area contributed by atoms with Crippen LogP contribution in [0.5, 0.6) is 5.75 Å². The highest BCUT2D eigenvalue weighted by Crippen LogP contribution is 2.36. The summed E-state index contributed by atoms with van der Waals surface area (Å²) >= 11 is 0. The smallest absolute Gasteiger partial charge is 0.118 e. The van der Waals surface area contributed by atoms with Crippen LogP contribution in [0.15, 0.2) is 114 Å². The van der Waals surface area contributed by atoms with E-state index in [2.05, 4.69) is 91.9 Å². The first-order valence-corrected chi connectivity index (χ1v) is 11.8. The molecule has 0 radical (unpaired) electrons. The molecular weight excluding hydrogens is 397 g/mol. The monoisotopic (exact) mass is 423 g/mol. The maximum atomic E-state index is 5.25. The second kappa shape index (κ2) is 10.2. The molecule has 0 saturated carbocycles. The van der Waals surface area contributed by atoms with Gasteiger partial charge in [-0.3, -0.25) is 4.99 Å². The molecule has 0 N–H and O–H groups in total. The molecule has 2 nitrogen and oxygen atoms in total. The quantitative estimate of drug-likeness (QED) is 0.279. The fourth-order valence-electron chi connectivity index (χ4n) is 3.59. The molecule has 0 aromatic heterocycles. The molecule has 0 amide bonds. The Labute approximate surface area is 186 Å². The molecular formula is C28H26NOP. The predicted octanol–water partition coefficient (Wildman–Crippen LogP) is 5.63. The zero-order valence-electron chi connectivity index (χ0n) is 17.8. The molecule has 0 saturated heterocycles. The largest absolute Gasteiger partial charge is 0.497 e. The van der Waals surface area contributed by atoms with Gasteiger partial charge in [-0.2, -0.15) is 0 Å². The van der Waals surface area contributed by atoms with Crippen molar-refractivity contribution in [2.75, 3.05) is 7.11 Å². The average Bonchev–Trinajstić information content (AvgIpc) is 2.85. The minimum Gasteiger partial charge on any atom is -0.497 e. The van der Waals surface area contributed by atoms with Crippen molar-refractivity contribution < 1.29 is 4.74 Å². The fourth-order valence-corrected chi connectivity index (χ4v) is 6.14. The van der Waals surface area contributed by atoms with Crippen molar-refractivity contribution >= 4 is 30.0 Å². The summed E-state index contributed by atoms with van der Waals surface area (Å²) in [6.45, 7) is 2.17. The number of nitrogens with zero attached hydrogens (tertiary/aromatic N) is 1. The Kier molecular flexibility index (Phi) is 6.92. The van der Waals surface area contributed by atoms with Crippen LogP contribution in [-0.4, -0.2) is 13.3 Å². The van der Waals surface area contributed by atoms with Gasteiger partial charge in [0.15, 0.2) is 0 Å². The summed E-state index contributed by atoms with van der Waals surface area (Å²) < 4.78 is 5.25. The van der Waals surface area contributed by atoms with Gasteiger partial charge in [-0.15, -0.1) is 0 Å². The lowest BCUT2D eigenvalue weighted by Crippen LogP contribution is -2.23. The first kappa shape index (κ1) is 21.0. The van der Waals surface area contributed by atoms with Crippen molar-refractivity contribution in [1.29, 1.82) is 0 Å². The van der Waals surface area contributed by atoms with Crippen molar-refractivity contribution in [3.63, 3.8) is 0 Å². The van der Waals surface area contributed by atoms with E-state index in [-0.39, 0.29) is 6.04 Å². The van der Waals surface area contributed by atoms with Crippen LogP contribution >= 0.6 is 7.92 Å². The Balaban J connectivity index is 1.71. The average molecular weight is 423 g/mol. The van der Waals surface area contributed by atoms with Crippen LogP contribution in [0.1, 0.15) is 24.1 Å². The van der Waals surface area contributed by atoms with E-state index in [1.165, 1.54) is 21.5 Å². The Bertz CT molecular complexity index is 1090. The minimum absolute atomic E-state index is 0.0516. The lowest BCUT2D eigenvalue weighted by Gasteiger charge is -2.23. The summed E-state index contributed by atoms with van der Waals surface area (Å²) in [7, 11) is 1.02. The SMILES string of the molecule is COc1ccc(C=N[C@@H](C)c2ccccc2P(c2ccccc2)c2ccccc2)cc1. The van der Waals surface area contributed by atoms with Gasteiger partial charge in [-0.1, -0.05) is 84.9 Å². The van der Waals surface area contributed by atoms with Crippen molar-refractivity contribution in [2.45, 2.75) is 13.0 Å². The summed E-state index contributed by atoms with van der Waals surface area (Å²) in [4.78, 5) is 4.90. The first-order chi connectivity index (χ1) is 15.3. The van der Waals surface area contributed by atoms with Crippen molar-refractivity contribution in [3.8, 4) is 5.75 Å². The predicted molar refractivity (Wildman–Crippen MR) is 134 cm³/mol. The Morgan fingerprint density at radius 1 is 0.710 bits per heavy atom. The third-order valence-electron chi connectivity index (χ3n) is 5.22. The van der Waals surface area contributed by atoms with Crippen LogP contribution in [0.3, 0.4) is 0 Å². The molecule has 0 aliphatic rings. The maximum Gasteiger partial charge on any atom is 0.118 e. The summed E-state index contributed by atoms with van der Waals surface area (Å²) in [5, 5.41) is 4.05. The number of benzene rings is 4. The molecule has 31 heavy (non-hydrogen) atoms. The van der Waals surface area contributed by atoms with Crippen molar-refractivity contribution in [1.82, 2.24) is 0 Å². The zero-order valence-corrected chi connectivity index (χ0v) is 18.7. The van der Waals surface area contributed by atoms with E-state index in [9.17, 15) is 0 Å². The van der Waals surface area contributed by atoms with Crippen LogP contribution in [0, 0.1) is 0 Å². The van der Waals surface area contributed by atoms with E-state index in [1.807, 2.05) is 30.5 Å². The van der Waals surface area contributed by atoms with Gasteiger partial charge in [0.05, 0.1) is 13.2 Å². The summed E-state index contributed by atoms with van der Waals surface area (Å²) in [5.41, 5.74) is 2.34. The highest BCUT2D eigenvalue weighted by molar-refractivity contribution is 7.79. The second-order valence-corrected chi connectivity index (χ2v) is 9.48. The molecule has 0 heterocycles. The van der Waals surface area contributed by atoms with Crippen molar-refractivity contribution in [2.24, 2.45) is 4.99 Å². The standard InChI is InChI=1S/C28H26NOP/c1-22(29-21-23-17-19-24(30-2)20-18-23)27-15-9-10-16-28(27)31(25-11-5-3-6-12-25)26-13-7-4-8-14-26/h3-22H,1-2H3/t22-/m0/s1. The normalized spacial score (nSPS) is 12.2. The summed E-state index contributed by atoms with van der Waals surface area (Å²) in [6.07, 6.45) is 1.95. The maximum absolute atomic E-state index is 5.25. The van der Waals surface area contributed by atoms with Gasteiger partial charge in [0.2, 0.25) is 0 Å². The van der Waals surface area contributed by atoms with Gasteiger partial charge < -0.3 is 4.74 Å². The summed E-state index contributed by atoms with van der Waals surface area (Å²) in [5.74, 6) is 0.854. The third kappa shape index (κ3) is 5.10. The van der Waals surface area contributed by atoms with Gasteiger partial charge in [0.1, 0.15) is 5.75 Å². The third-order valence-corrected chi connectivity index (χ3v) is 7.74. The van der Waals surface area contributed by atoms with Gasteiger partial charge in [0, 0.05) is 6.21 Å². The number of rotatable bonds is 7. The second-order valence-electron chi connectivity index (χ2n) is 7.29. The molecule has 1 atom stereocenters. The molecule has 4 aromatic carbocycles. The van der Waals surface area contributed by atoms with E-state index in [0.717, 1.165) is 11.3 Å². The number of aliphatic imine (C=N–C) groups is 1. The van der Waals surface area contributed by atoms with E-state index in [0.29, 0.717) is 0 Å². The zero-order chi connectivity index (χ0) is 21.5. The van der Waals surface area contributed by atoms with Crippen molar-refractivity contribution in [3.05, 3.63) is 120 Å². The van der Waals surface area contributed by atoms with Crippen LogP contribution in [0.25, 0.3) is 0 Å². The van der Waals surface area contributed by atoms with Gasteiger partial charge >= 0.3 is 0 Å². The Morgan fingerprint density at radius 3 is 1.84 bits per heavy atom. The Hall–Kier alpha value is -3.22. The molecule has 154 valence electrons. The minimum atomic E-state index is -0.661. The number of ether oxygens (including phenoxy) is 1.